The van der Waals surface area contributed by atoms with Gasteiger partial charge in [-0.25, -0.2) is 4.79 Å². The number of nitrogens with one attached hydrogen (secondary N) is 3. The van der Waals surface area contributed by atoms with Crippen LogP contribution in [-0.2, 0) is 11.2 Å². The molecule has 1 unspecified atom stereocenters. The standard InChI is InChI=1S/C22H32N4O2/c1-16-3-2-4-20-21(16)18(13-24-20)5-9-23-22(27)25-19-6-10-26(11-7-19)14-17-8-12-28-15-17/h2-4,13,17,19,24H,5-12,14-15H2,1H3,(H2,23,25,27). The molecule has 3 N–H and O–H groups in total. The topological polar surface area (TPSA) is 69.4 Å². The van der Waals surface area contributed by atoms with Crippen molar-refractivity contribution in [2.75, 3.05) is 39.4 Å². The molecule has 0 radical (unpaired) electrons. The van der Waals surface area contributed by atoms with E-state index in [-0.39, 0.29) is 12.1 Å². The van der Waals surface area contributed by atoms with E-state index in [1.807, 2.05) is 0 Å². The SMILES string of the molecule is Cc1cccc2[nH]cc(CCNC(=O)NC3CCN(CC4CCOC4)CC3)c12. The van der Waals surface area contributed by atoms with E-state index in [9.17, 15) is 4.79 Å². The van der Waals surface area contributed by atoms with Crippen molar-refractivity contribution in [1.82, 2.24) is 20.5 Å². The number of hydrogen-bond acceptors (Lipinski definition) is 3. The van der Waals surface area contributed by atoms with E-state index >= 15 is 0 Å². The predicted molar refractivity (Wildman–Crippen MR) is 112 cm³/mol. The largest absolute Gasteiger partial charge is 0.381 e. The van der Waals surface area contributed by atoms with Gasteiger partial charge in [0.25, 0.3) is 0 Å². The van der Waals surface area contributed by atoms with Gasteiger partial charge in [0.1, 0.15) is 0 Å². The molecule has 28 heavy (non-hydrogen) atoms. The molecule has 2 aliphatic rings. The van der Waals surface area contributed by atoms with Gasteiger partial charge < -0.3 is 25.3 Å². The van der Waals surface area contributed by atoms with Crippen LogP contribution in [0.3, 0.4) is 0 Å². The molecule has 2 aromatic rings. The number of carbonyl (C=O) groups is 1. The summed E-state index contributed by atoms with van der Waals surface area (Å²) in [4.78, 5) is 18.1. The first-order valence-electron chi connectivity index (χ1n) is 10.6. The molecule has 152 valence electrons. The molecule has 2 aliphatic heterocycles. The minimum atomic E-state index is -0.0424. The highest BCUT2D eigenvalue weighted by Gasteiger charge is 2.24. The van der Waals surface area contributed by atoms with Crippen LogP contribution >= 0.6 is 0 Å². The van der Waals surface area contributed by atoms with Crippen molar-refractivity contribution in [2.24, 2.45) is 5.92 Å². The fourth-order valence-corrected chi connectivity index (χ4v) is 4.55. The molecule has 6 heteroatoms. The van der Waals surface area contributed by atoms with Gasteiger partial charge in [-0.15, -0.1) is 0 Å². The Balaban J connectivity index is 1.17. The molecular formula is C22H32N4O2. The van der Waals surface area contributed by atoms with Crippen molar-refractivity contribution < 1.29 is 9.53 Å². The Morgan fingerprint density at radius 3 is 2.93 bits per heavy atom. The molecule has 0 saturated carbocycles. The van der Waals surface area contributed by atoms with Crippen LogP contribution in [0.4, 0.5) is 4.79 Å². The Morgan fingerprint density at radius 2 is 2.14 bits per heavy atom. The molecule has 4 rings (SSSR count). The number of H-pyrrole nitrogens is 1. The normalized spacial score (nSPS) is 21.2. The maximum atomic E-state index is 12.3. The van der Waals surface area contributed by atoms with Gasteiger partial charge in [-0.05, 0) is 55.7 Å². The quantitative estimate of drug-likeness (QED) is 0.717. The van der Waals surface area contributed by atoms with Crippen LogP contribution in [0, 0.1) is 12.8 Å². The maximum absolute atomic E-state index is 12.3. The summed E-state index contributed by atoms with van der Waals surface area (Å²) in [5.74, 6) is 0.695. The second kappa shape index (κ2) is 8.97. The third-order valence-electron chi connectivity index (χ3n) is 6.14. The van der Waals surface area contributed by atoms with Crippen molar-refractivity contribution in [2.45, 2.75) is 38.6 Å². The van der Waals surface area contributed by atoms with Crippen LogP contribution < -0.4 is 10.6 Å². The number of ether oxygens (including phenoxy) is 1. The number of likely N-dealkylation sites (tertiary alicyclic amines) is 1. The van der Waals surface area contributed by atoms with Crippen molar-refractivity contribution in [3.05, 3.63) is 35.5 Å². The van der Waals surface area contributed by atoms with Crippen LogP contribution in [0.5, 0.6) is 0 Å². The number of amides is 2. The van der Waals surface area contributed by atoms with E-state index in [4.69, 9.17) is 4.74 Å². The first-order valence-corrected chi connectivity index (χ1v) is 10.6. The highest BCUT2D eigenvalue weighted by molar-refractivity contribution is 5.86. The lowest BCUT2D eigenvalue weighted by atomic mass is 10.0. The smallest absolute Gasteiger partial charge is 0.315 e. The molecule has 0 bridgehead atoms. The average Bonchev–Trinajstić information content (AvgIpc) is 3.34. The zero-order chi connectivity index (χ0) is 19.3. The molecule has 1 aromatic carbocycles. The van der Waals surface area contributed by atoms with E-state index in [1.165, 1.54) is 22.9 Å². The number of nitrogens with zero attached hydrogens (tertiary/aromatic N) is 1. The molecule has 2 amide bonds. The highest BCUT2D eigenvalue weighted by atomic mass is 16.5. The van der Waals surface area contributed by atoms with Crippen molar-refractivity contribution in [1.29, 1.82) is 0 Å². The van der Waals surface area contributed by atoms with Crippen molar-refractivity contribution in [3.8, 4) is 0 Å². The number of urea groups is 1. The lowest BCUT2D eigenvalue weighted by molar-refractivity contribution is 0.148. The van der Waals surface area contributed by atoms with Crippen LogP contribution in [0.1, 0.15) is 30.4 Å². The average molecular weight is 385 g/mol. The van der Waals surface area contributed by atoms with E-state index in [0.717, 1.165) is 57.6 Å². The third kappa shape index (κ3) is 4.67. The maximum Gasteiger partial charge on any atom is 0.315 e. The minimum absolute atomic E-state index is 0.0424. The molecule has 0 spiro atoms. The highest BCUT2D eigenvalue weighted by Crippen LogP contribution is 2.22. The van der Waals surface area contributed by atoms with Gasteiger partial charge in [-0.1, -0.05) is 12.1 Å². The lowest BCUT2D eigenvalue weighted by Gasteiger charge is -2.33. The van der Waals surface area contributed by atoms with E-state index in [1.54, 1.807) is 0 Å². The first-order chi connectivity index (χ1) is 13.7. The molecule has 6 nitrogen and oxygen atoms in total. The summed E-state index contributed by atoms with van der Waals surface area (Å²) in [7, 11) is 0. The Kier molecular flexibility index (Phi) is 6.17. The van der Waals surface area contributed by atoms with Crippen molar-refractivity contribution in [3.63, 3.8) is 0 Å². The summed E-state index contributed by atoms with van der Waals surface area (Å²) in [5, 5.41) is 7.46. The van der Waals surface area contributed by atoms with Crippen LogP contribution in [0.15, 0.2) is 24.4 Å². The third-order valence-corrected chi connectivity index (χ3v) is 6.14. The van der Waals surface area contributed by atoms with Crippen molar-refractivity contribution >= 4 is 16.9 Å². The summed E-state index contributed by atoms with van der Waals surface area (Å²) in [5.41, 5.74) is 3.70. The number of aromatic nitrogens is 1. The molecule has 2 fully saturated rings. The molecule has 0 aliphatic carbocycles. The van der Waals surface area contributed by atoms with Gasteiger partial charge in [0.15, 0.2) is 0 Å². The molecule has 3 heterocycles. The summed E-state index contributed by atoms with van der Waals surface area (Å²) < 4.78 is 5.47. The van der Waals surface area contributed by atoms with Gasteiger partial charge in [-0.3, -0.25) is 0 Å². The van der Waals surface area contributed by atoms with E-state index in [2.05, 4.69) is 51.8 Å². The van der Waals surface area contributed by atoms with Gasteiger partial charge in [0, 0.05) is 55.9 Å². The number of aromatic amines is 1. The zero-order valence-corrected chi connectivity index (χ0v) is 16.8. The van der Waals surface area contributed by atoms with Gasteiger partial charge in [0.2, 0.25) is 0 Å². The Bertz CT molecular complexity index is 789. The van der Waals surface area contributed by atoms with E-state index < -0.39 is 0 Å². The number of benzene rings is 1. The number of piperidine rings is 1. The van der Waals surface area contributed by atoms with Crippen LogP contribution in [0.2, 0.25) is 0 Å². The second-order valence-corrected chi connectivity index (χ2v) is 8.27. The molecule has 1 aromatic heterocycles. The zero-order valence-electron chi connectivity index (χ0n) is 16.8. The van der Waals surface area contributed by atoms with Gasteiger partial charge in [0.05, 0.1) is 6.61 Å². The number of aryl methyl sites for hydroxylation is 1. The number of rotatable bonds is 6. The molecule has 2 saturated heterocycles. The lowest BCUT2D eigenvalue weighted by Crippen LogP contribution is -2.48. The summed E-state index contributed by atoms with van der Waals surface area (Å²) >= 11 is 0. The molecule has 1 atom stereocenters. The molecular weight excluding hydrogens is 352 g/mol. The minimum Gasteiger partial charge on any atom is -0.381 e. The first kappa shape index (κ1) is 19.3. The predicted octanol–water partition coefficient (Wildman–Crippen LogP) is 2.82. The summed E-state index contributed by atoms with van der Waals surface area (Å²) in [6.45, 7) is 7.88. The van der Waals surface area contributed by atoms with Crippen LogP contribution in [0.25, 0.3) is 10.9 Å². The van der Waals surface area contributed by atoms with E-state index in [0.29, 0.717) is 12.5 Å². The number of carbonyl (C=O) groups excluding carboxylic acids is 1. The van der Waals surface area contributed by atoms with Gasteiger partial charge >= 0.3 is 6.03 Å². The Morgan fingerprint density at radius 1 is 1.29 bits per heavy atom. The number of fused-ring (bicyclic) bond motifs is 1. The number of hydrogen-bond donors (Lipinski definition) is 3. The Labute approximate surface area is 167 Å². The van der Waals surface area contributed by atoms with Crippen LogP contribution in [-0.4, -0.2) is 61.3 Å². The van der Waals surface area contributed by atoms with Gasteiger partial charge in [-0.2, -0.15) is 0 Å². The fourth-order valence-electron chi connectivity index (χ4n) is 4.55. The Hall–Kier alpha value is -2.05. The second-order valence-electron chi connectivity index (χ2n) is 8.27. The monoisotopic (exact) mass is 384 g/mol. The summed E-state index contributed by atoms with van der Waals surface area (Å²) in [6.07, 6.45) is 6.14. The fraction of sp³-hybridized carbons (Fsp3) is 0.591. The summed E-state index contributed by atoms with van der Waals surface area (Å²) in [6, 6.07) is 6.53.